The molecule has 2 saturated heterocycles. The molecule has 2 aliphatic rings. The molecule has 0 radical (unpaired) electrons. The standard InChI is InChI=1S/C19H27N5O/c1-22-17(21-16-7-4-10-20-19(16)22)8-9-18(25)24-13-5-6-15(14-24)23-11-2-3-12-23/h4,7,10,15H,2-3,5-6,8-9,11-14H2,1H3/t15-/m0/s1. The maximum Gasteiger partial charge on any atom is 0.223 e. The molecule has 1 atom stereocenters. The van der Waals surface area contributed by atoms with Gasteiger partial charge < -0.3 is 9.47 Å². The van der Waals surface area contributed by atoms with Gasteiger partial charge in [-0.1, -0.05) is 0 Å². The van der Waals surface area contributed by atoms with Gasteiger partial charge >= 0.3 is 0 Å². The number of carbonyl (C=O) groups excluding carboxylic acids is 1. The zero-order valence-electron chi connectivity index (χ0n) is 15.0. The van der Waals surface area contributed by atoms with Crippen LogP contribution in [-0.2, 0) is 18.3 Å². The van der Waals surface area contributed by atoms with Crippen LogP contribution in [0.4, 0.5) is 0 Å². The van der Waals surface area contributed by atoms with Crippen LogP contribution in [0.5, 0.6) is 0 Å². The minimum atomic E-state index is 0.268. The van der Waals surface area contributed by atoms with E-state index >= 15 is 0 Å². The van der Waals surface area contributed by atoms with Gasteiger partial charge in [0.15, 0.2) is 5.65 Å². The zero-order valence-corrected chi connectivity index (χ0v) is 15.0. The smallest absolute Gasteiger partial charge is 0.223 e. The van der Waals surface area contributed by atoms with Gasteiger partial charge in [-0.2, -0.15) is 0 Å². The van der Waals surface area contributed by atoms with E-state index in [1.54, 1.807) is 6.20 Å². The van der Waals surface area contributed by atoms with Crippen LogP contribution >= 0.6 is 0 Å². The Morgan fingerprint density at radius 3 is 2.88 bits per heavy atom. The summed E-state index contributed by atoms with van der Waals surface area (Å²) >= 11 is 0. The lowest BCUT2D eigenvalue weighted by Crippen LogP contribution is -2.49. The van der Waals surface area contributed by atoms with E-state index < -0.39 is 0 Å². The third-order valence-electron chi connectivity index (χ3n) is 5.69. The lowest BCUT2D eigenvalue weighted by atomic mass is 10.0. The van der Waals surface area contributed by atoms with E-state index in [-0.39, 0.29) is 5.91 Å². The van der Waals surface area contributed by atoms with E-state index in [0.29, 0.717) is 18.9 Å². The Balaban J connectivity index is 1.37. The minimum absolute atomic E-state index is 0.268. The van der Waals surface area contributed by atoms with Crippen molar-refractivity contribution in [1.82, 2.24) is 24.3 Å². The molecule has 6 nitrogen and oxygen atoms in total. The average molecular weight is 341 g/mol. The van der Waals surface area contributed by atoms with E-state index in [9.17, 15) is 4.79 Å². The molecular formula is C19H27N5O. The molecule has 0 spiro atoms. The number of fused-ring (bicyclic) bond motifs is 1. The summed E-state index contributed by atoms with van der Waals surface area (Å²) in [4.78, 5) is 26.4. The van der Waals surface area contributed by atoms with E-state index in [1.165, 1.54) is 32.4 Å². The van der Waals surface area contributed by atoms with Crippen molar-refractivity contribution in [2.24, 2.45) is 7.05 Å². The number of rotatable bonds is 4. The summed E-state index contributed by atoms with van der Waals surface area (Å²) in [6.07, 6.45) is 7.98. The summed E-state index contributed by atoms with van der Waals surface area (Å²) in [6.45, 7) is 4.23. The van der Waals surface area contributed by atoms with Crippen molar-refractivity contribution in [3.63, 3.8) is 0 Å². The Labute approximate surface area is 148 Å². The van der Waals surface area contributed by atoms with E-state index in [1.807, 2.05) is 23.7 Å². The first-order chi connectivity index (χ1) is 12.2. The number of aryl methyl sites for hydroxylation is 2. The fourth-order valence-corrected chi connectivity index (χ4v) is 4.26. The molecule has 0 N–H and O–H groups in total. The minimum Gasteiger partial charge on any atom is -0.341 e. The van der Waals surface area contributed by atoms with E-state index in [4.69, 9.17) is 0 Å². The van der Waals surface area contributed by atoms with Gasteiger partial charge in [-0.25, -0.2) is 9.97 Å². The molecule has 0 aliphatic carbocycles. The zero-order chi connectivity index (χ0) is 17.2. The predicted octanol–water partition coefficient (Wildman–Crippen LogP) is 1.99. The number of aromatic nitrogens is 3. The van der Waals surface area contributed by atoms with Gasteiger partial charge in [0.25, 0.3) is 0 Å². The van der Waals surface area contributed by atoms with Crippen LogP contribution in [-0.4, -0.2) is 62.5 Å². The molecule has 134 valence electrons. The molecule has 6 heteroatoms. The highest BCUT2D eigenvalue weighted by atomic mass is 16.2. The van der Waals surface area contributed by atoms with E-state index in [0.717, 1.165) is 36.5 Å². The number of likely N-dealkylation sites (tertiary alicyclic amines) is 2. The van der Waals surface area contributed by atoms with Crippen LogP contribution in [0, 0.1) is 0 Å². The van der Waals surface area contributed by atoms with Crippen molar-refractivity contribution in [2.45, 2.75) is 44.6 Å². The largest absolute Gasteiger partial charge is 0.341 e. The third kappa shape index (κ3) is 3.40. The number of hydrogen-bond acceptors (Lipinski definition) is 4. The van der Waals surface area contributed by atoms with Crippen LogP contribution in [0.2, 0.25) is 0 Å². The fourth-order valence-electron chi connectivity index (χ4n) is 4.26. The van der Waals surface area contributed by atoms with Crippen LogP contribution in [0.25, 0.3) is 11.2 Å². The quantitative estimate of drug-likeness (QED) is 0.853. The molecular weight excluding hydrogens is 314 g/mol. The van der Waals surface area contributed by atoms with Crippen LogP contribution < -0.4 is 0 Å². The van der Waals surface area contributed by atoms with Crippen molar-refractivity contribution in [2.75, 3.05) is 26.2 Å². The molecule has 0 aromatic carbocycles. The lowest BCUT2D eigenvalue weighted by Gasteiger charge is -2.37. The SMILES string of the molecule is Cn1c(CCC(=O)N2CCC[C@H](N3CCCC3)C2)nc2cccnc21. The summed E-state index contributed by atoms with van der Waals surface area (Å²) in [5.74, 6) is 1.21. The van der Waals surface area contributed by atoms with Gasteiger partial charge in [0.1, 0.15) is 11.3 Å². The molecule has 2 aromatic rings. The van der Waals surface area contributed by atoms with E-state index in [2.05, 4.69) is 19.8 Å². The van der Waals surface area contributed by atoms with Gasteiger partial charge in [0.2, 0.25) is 5.91 Å². The maximum absolute atomic E-state index is 12.7. The van der Waals surface area contributed by atoms with Gasteiger partial charge in [0.05, 0.1) is 0 Å². The normalized spacial score (nSPS) is 22.0. The van der Waals surface area contributed by atoms with Crippen molar-refractivity contribution in [3.8, 4) is 0 Å². The highest BCUT2D eigenvalue weighted by Crippen LogP contribution is 2.21. The van der Waals surface area contributed by atoms with Crippen molar-refractivity contribution in [1.29, 1.82) is 0 Å². The number of imidazole rings is 1. The Bertz CT molecular complexity index is 749. The average Bonchev–Trinajstić information content (AvgIpc) is 3.29. The van der Waals surface area contributed by atoms with Gasteiger partial charge in [-0.3, -0.25) is 9.69 Å². The number of hydrogen-bond donors (Lipinski definition) is 0. The van der Waals surface area contributed by atoms with Gasteiger partial charge in [0, 0.05) is 45.2 Å². The molecule has 4 rings (SSSR count). The number of pyridine rings is 1. The van der Waals surface area contributed by atoms with Crippen LogP contribution in [0.15, 0.2) is 18.3 Å². The Morgan fingerprint density at radius 1 is 1.24 bits per heavy atom. The highest BCUT2D eigenvalue weighted by molar-refractivity contribution is 5.77. The number of piperidine rings is 1. The molecule has 0 saturated carbocycles. The first-order valence-corrected chi connectivity index (χ1v) is 9.50. The fraction of sp³-hybridized carbons (Fsp3) is 0.632. The second kappa shape index (κ2) is 7.12. The second-order valence-corrected chi connectivity index (χ2v) is 7.31. The van der Waals surface area contributed by atoms with Crippen molar-refractivity contribution >= 4 is 17.1 Å². The van der Waals surface area contributed by atoms with Gasteiger partial charge in [-0.05, 0) is 50.9 Å². The Morgan fingerprint density at radius 2 is 2.08 bits per heavy atom. The Kier molecular flexibility index (Phi) is 4.70. The van der Waals surface area contributed by atoms with Gasteiger partial charge in [-0.15, -0.1) is 0 Å². The van der Waals surface area contributed by atoms with Crippen LogP contribution in [0.3, 0.4) is 0 Å². The molecule has 1 amide bonds. The van der Waals surface area contributed by atoms with Crippen molar-refractivity contribution in [3.05, 3.63) is 24.2 Å². The summed E-state index contributed by atoms with van der Waals surface area (Å²) < 4.78 is 2.01. The first kappa shape index (κ1) is 16.5. The number of nitrogens with zero attached hydrogens (tertiary/aromatic N) is 5. The summed E-state index contributed by atoms with van der Waals surface area (Å²) in [5.41, 5.74) is 1.79. The lowest BCUT2D eigenvalue weighted by molar-refractivity contribution is -0.133. The molecule has 2 fully saturated rings. The molecule has 2 aromatic heterocycles. The number of amides is 1. The molecule has 0 bridgehead atoms. The molecule has 2 aliphatic heterocycles. The monoisotopic (exact) mass is 341 g/mol. The molecule has 0 unspecified atom stereocenters. The molecule has 25 heavy (non-hydrogen) atoms. The Hall–Kier alpha value is -1.95. The topological polar surface area (TPSA) is 54.3 Å². The summed E-state index contributed by atoms with van der Waals surface area (Å²) in [7, 11) is 1.98. The predicted molar refractivity (Wildman–Crippen MR) is 97.2 cm³/mol. The summed E-state index contributed by atoms with van der Waals surface area (Å²) in [5, 5.41) is 0. The third-order valence-corrected chi connectivity index (χ3v) is 5.69. The maximum atomic E-state index is 12.7. The summed E-state index contributed by atoms with van der Waals surface area (Å²) in [6, 6.07) is 4.44. The first-order valence-electron chi connectivity index (χ1n) is 9.50. The number of carbonyl (C=O) groups is 1. The van der Waals surface area contributed by atoms with Crippen molar-refractivity contribution < 1.29 is 4.79 Å². The molecule has 4 heterocycles. The second-order valence-electron chi connectivity index (χ2n) is 7.31. The van der Waals surface area contributed by atoms with Crippen LogP contribution in [0.1, 0.15) is 37.9 Å². The highest BCUT2D eigenvalue weighted by Gasteiger charge is 2.29.